The molecular weight excluding hydrogens is 230 g/mol. The third-order valence-corrected chi connectivity index (χ3v) is 2.80. The second-order valence-electron chi connectivity index (χ2n) is 4.05. The highest BCUT2D eigenvalue weighted by molar-refractivity contribution is 5.70. The molecule has 1 N–H and O–H groups in total. The average Bonchev–Trinajstić information content (AvgIpc) is 2.43. The first-order valence-corrected chi connectivity index (χ1v) is 6.25. The molecule has 0 unspecified atom stereocenters. The fourth-order valence-electron chi connectivity index (χ4n) is 1.58. The summed E-state index contributed by atoms with van der Waals surface area (Å²) in [7, 11) is 1.34. The van der Waals surface area contributed by atoms with E-state index in [1.54, 1.807) is 0 Å². The highest BCUT2D eigenvalue weighted by atomic mass is 16.6. The van der Waals surface area contributed by atoms with E-state index in [9.17, 15) is 4.79 Å². The highest BCUT2D eigenvalue weighted by Gasteiger charge is 2.04. The van der Waals surface area contributed by atoms with E-state index >= 15 is 0 Å². The molecule has 0 atom stereocenters. The molecule has 100 valence electrons. The Morgan fingerprint density at radius 3 is 2.33 bits per heavy atom. The summed E-state index contributed by atoms with van der Waals surface area (Å²) in [5.74, 6) is 0.282. The van der Waals surface area contributed by atoms with Crippen LogP contribution in [-0.2, 0) is 9.53 Å². The zero-order valence-corrected chi connectivity index (χ0v) is 11.2. The molecule has 0 aliphatic heterocycles. The standard InChI is InChI=1S/C14H21NO3/c1-4-11(5-2)15-12-6-8-13(9-7-12)18-10-14(16)17-3/h6-9,11,15H,4-5,10H2,1-3H3. The lowest BCUT2D eigenvalue weighted by molar-refractivity contribution is -0.142. The molecule has 0 aromatic heterocycles. The van der Waals surface area contributed by atoms with Crippen LogP contribution in [0.4, 0.5) is 5.69 Å². The predicted molar refractivity (Wildman–Crippen MR) is 71.9 cm³/mol. The van der Waals surface area contributed by atoms with Gasteiger partial charge in [-0.2, -0.15) is 0 Å². The lowest BCUT2D eigenvalue weighted by atomic mass is 10.1. The SMILES string of the molecule is CCC(CC)Nc1ccc(OCC(=O)OC)cc1. The van der Waals surface area contributed by atoms with Gasteiger partial charge in [0.05, 0.1) is 7.11 Å². The van der Waals surface area contributed by atoms with Crippen molar-refractivity contribution >= 4 is 11.7 Å². The average molecular weight is 251 g/mol. The quantitative estimate of drug-likeness (QED) is 0.757. The number of hydrogen-bond acceptors (Lipinski definition) is 4. The first-order chi connectivity index (χ1) is 8.69. The van der Waals surface area contributed by atoms with Gasteiger partial charge in [0.15, 0.2) is 6.61 Å². The highest BCUT2D eigenvalue weighted by Crippen LogP contribution is 2.17. The number of nitrogens with one attached hydrogen (secondary N) is 1. The van der Waals surface area contributed by atoms with Gasteiger partial charge in [-0.15, -0.1) is 0 Å². The van der Waals surface area contributed by atoms with E-state index in [1.807, 2.05) is 24.3 Å². The van der Waals surface area contributed by atoms with Gasteiger partial charge in [-0.25, -0.2) is 4.79 Å². The molecule has 0 amide bonds. The monoisotopic (exact) mass is 251 g/mol. The maximum Gasteiger partial charge on any atom is 0.343 e. The van der Waals surface area contributed by atoms with Crippen molar-refractivity contribution < 1.29 is 14.3 Å². The van der Waals surface area contributed by atoms with Gasteiger partial charge < -0.3 is 14.8 Å². The number of ether oxygens (including phenoxy) is 2. The minimum absolute atomic E-state index is 0.0597. The summed E-state index contributed by atoms with van der Waals surface area (Å²) in [5, 5.41) is 3.43. The zero-order valence-electron chi connectivity index (χ0n) is 11.2. The Morgan fingerprint density at radius 1 is 1.22 bits per heavy atom. The Balaban J connectivity index is 2.49. The van der Waals surface area contributed by atoms with Crippen molar-refractivity contribution in [2.45, 2.75) is 32.7 Å². The number of carbonyl (C=O) groups excluding carboxylic acids is 1. The van der Waals surface area contributed by atoms with Crippen LogP contribution >= 0.6 is 0 Å². The van der Waals surface area contributed by atoms with Crippen molar-refractivity contribution in [3.05, 3.63) is 24.3 Å². The van der Waals surface area contributed by atoms with Gasteiger partial charge in [-0.3, -0.25) is 0 Å². The van der Waals surface area contributed by atoms with E-state index in [0.717, 1.165) is 18.5 Å². The Bertz CT molecular complexity index is 358. The lowest BCUT2D eigenvalue weighted by Crippen LogP contribution is -2.16. The summed E-state index contributed by atoms with van der Waals surface area (Å²) in [6.07, 6.45) is 2.19. The van der Waals surface area contributed by atoms with Crippen LogP contribution in [-0.4, -0.2) is 25.7 Å². The van der Waals surface area contributed by atoms with Crippen LogP contribution in [0.25, 0.3) is 0 Å². The fourth-order valence-corrected chi connectivity index (χ4v) is 1.58. The molecule has 0 bridgehead atoms. The third-order valence-electron chi connectivity index (χ3n) is 2.80. The zero-order chi connectivity index (χ0) is 13.4. The molecule has 18 heavy (non-hydrogen) atoms. The summed E-state index contributed by atoms with van der Waals surface area (Å²) in [6.45, 7) is 4.26. The van der Waals surface area contributed by atoms with Crippen LogP contribution in [0.5, 0.6) is 5.75 Å². The van der Waals surface area contributed by atoms with Crippen LogP contribution < -0.4 is 10.1 Å². The smallest absolute Gasteiger partial charge is 0.343 e. The van der Waals surface area contributed by atoms with Gasteiger partial charge in [0.25, 0.3) is 0 Å². The van der Waals surface area contributed by atoms with E-state index < -0.39 is 0 Å². The molecule has 1 aromatic rings. The van der Waals surface area contributed by atoms with Crippen LogP contribution in [0.2, 0.25) is 0 Å². The number of benzene rings is 1. The van der Waals surface area contributed by atoms with E-state index in [2.05, 4.69) is 23.9 Å². The maximum atomic E-state index is 10.9. The van der Waals surface area contributed by atoms with Gasteiger partial charge in [0.2, 0.25) is 0 Å². The van der Waals surface area contributed by atoms with Gasteiger partial charge in [-0.1, -0.05) is 13.8 Å². The van der Waals surface area contributed by atoms with Gasteiger partial charge in [0.1, 0.15) is 5.75 Å². The Hall–Kier alpha value is -1.71. The Labute approximate surface area is 108 Å². The van der Waals surface area contributed by atoms with E-state index in [4.69, 9.17) is 4.74 Å². The second kappa shape index (κ2) is 7.58. The van der Waals surface area contributed by atoms with Crippen LogP contribution in [0.15, 0.2) is 24.3 Å². The molecule has 0 heterocycles. The van der Waals surface area contributed by atoms with Crippen LogP contribution in [0, 0.1) is 0 Å². The largest absolute Gasteiger partial charge is 0.482 e. The topological polar surface area (TPSA) is 47.6 Å². The summed E-state index contributed by atoms with van der Waals surface area (Å²) >= 11 is 0. The number of anilines is 1. The molecule has 4 heteroatoms. The van der Waals surface area contributed by atoms with Gasteiger partial charge in [-0.05, 0) is 37.1 Å². The van der Waals surface area contributed by atoms with E-state index in [-0.39, 0.29) is 12.6 Å². The molecular formula is C14H21NO3. The molecule has 0 fully saturated rings. The molecule has 1 aromatic carbocycles. The summed E-state index contributed by atoms with van der Waals surface area (Å²) in [5.41, 5.74) is 1.06. The second-order valence-corrected chi connectivity index (χ2v) is 4.05. The summed E-state index contributed by atoms with van der Waals surface area (Å²) < 4.78 is 9.77. The number of hydrogen-bond donors (Lipinski definition) is 1. The summed E-state index contributed by atoms with van der Waals surface area (Å²) in [6, 6.07) is 8.07. The van der Waals surface area contributed by atoms with Crippen LogP contribution in [0.1, 0.15) is 26.7 Å². The number of rotatable bonds is 7. The maximum absolute atomic E-state index is 10.9. The molecule has 4 nitrogen and oxygen atoms in total. The van der Waals surface area contributed by atoms with Gasteiger partial charge in [0, 0.05) is 11.7 Å². The van der Waals surface area contributed by atoms with Crippen molar-refractivity contribution in [2.24, 2.45) is 0 Å². The molecule has 0 aliphatic rings. The minimum atomic E-state index is -0.380. The molecule has 0 saturated heterocycles. The van der Waals surface area contributed by atoms with Gasteiger partial charge >= 0.3 is 5.97 Å². The first-order valence-electron chi connectivity index (χ1n) is 6.25. The van der Waals surface area contributed by atoms with Crippen molar-refractivity contribution in [1.29, 1.82) is 0 Å². The lowest BCUT2D eigenvalue weighted by Gasteiger charge is -2.16. The normalized spacial score (nSPS) is 10.2. The molecule has 0 spiro atoms. The third kappa shape index (κ3) is 4.65. The first kappa shape index (κ1) is 14.4. The van der Waals surface area contributed by atoms with Crippen molar-refractivity contribution in [3.8, 4) is 5.75 Å². The van der Waals surface area contributed by atoms with E-state index in [0.29, 0.717) is 11.8 Å². The predicted octanol–water partition coefficient (Wildman–Crippen LogP) is 2.84. The Morgan fingerprint density at radius 2 is 1.83 bits per heavy atom. The number of carbonyl (C=O) groups is 1. The van der Waals surface area contributed by atoms with Crippen molar-refractivity contribution in [3.63, 3.8) is 0 Å². The fraction of sp³-hybridized carbons (Fsp3) is 0.500. The van der Waals surface area contributed by atoms with Crippen LogP contribution in [0.3, 0.4) is 0 Å². The molecule has 0 radical (unpaired) electrons. The minimum Gasteiger partial charge on any atom is -0.482 e. The molecule has 0 saturated carbocycles. The van der Waals surface area contributed by atoms with Crippen molar-refractivity contribution in [1.82, 2.24) is 0 Å². The Kier molecular flexibility index (Phi) is 6.05. The van der Waals surface area contributed by atoms with Crippen molar-refractivity contribution in [2.75, 3.05) is 19.0 Å². The summed E-state index contributed by atoms with van der Waals surface area (Å²) in [4.78, 5) is 10.9. The number of esters is 1. The number of methoxy groups -OCH3 is 1. The molecule has 0 aliphatic carbocycles. The van der Waals surface area contributed by atoms with E-state index in [1.165, 1.54) is 7.11 Å². The molecule has 1 rings (SSSR count).